The molecule has 0 saturated heterocycles. The van der Waals surface area contributed by atoms with Crippen molar-refractivity contribution in [2.75, 3.05) is 0 Å². The Morgan fingerprint density at radius 3 is 2.83 bits per heavy atom. The number of hydrogen-bond acceptors (Lipinski definition) is 3. The first kappa shape index (κ1) is 13.3. The molecule has 0 aromatic carbocycles. The fourth-order valence-corrected chi connectivity index (χ4v) is 2.55. The van der Waals surface area contributed by atoms with Gasteiger partial charge in [-0.3, -0.25) is 9.97 Å². The molecular formula is C13H19F2N3. The lowest BCUT2D eigenvalue weighted by Gasteiger charge is -2.30. The topological polar surface area (TPSA) is 51.8 Å². The molecule has 2 N–H and O–H groups in total. The number of halogens is 2. The summed E-state index contributed by atoms with van der Waals surface area (Å²) in [4.78, 5) is 8.34. The molecule has 18 heavy (non-hydrogen) atoms. The largest absolute Gasteiger partial charge is 0.323 e. The van der Waals surface area contributed by atoms with Gasteiger partial charge in [-0.1, -0.05) is 0 Å². The number of aryl methyl sites for hydroxylation is 1. The van der Waals surface area contributed by atoms with Gasteiger partial charge >= 0.3 is 0 Å². The third-order valence-corrected chi connectivity index (χ3v) is 3.51. The van der Waals surface area contributed by atoms with Crippen molar-refractivity contribution in [3.05, 3.63) is 23.8 Å². The SMILES string of the molecule is Cc1cnc(C(N)CC2CCCC(F)(F)C2)cn1. The van der Waals surface area contributed by atoms with Gasteiger partial charge in [-0.15, -0.1) is 0 Å². The molecule has 2 atom stereocenters. The predicted molar refractivity (Wildman–Crippen MR) is 65.2 cm³/mol. The van der Waals surface area contributed by atoms with Crippen LogP contribution in [0.4, 0.5) is 8.78 Å². The maximum atomic E-state index is 13.3. The van der Waals surface area contributed by atoms with Crippen LogP contribution in [0.15, 0.2) is 12.4 Å². The Morgan fingerprint density at radius 1 is 1.44 bits per heavy atom. The van der Waals surface area contributed by atoms with Gasteiger partial charge in [0.15, 0.2) is 0 Å². The maximum absolute atomic E-state index is 13.3. The van der Waals surface area contributed by atoms with Crippen LogP contribution in [-0.4, -0.2) is 15.9 Å². The second kappa shape index (κ2) is 5.26. The summed E-state index contributed by atoms with van der Waals surface area (Å²) in [5, 5.41) is 0. The van der Waals surface area contributed by atoms with E-state index in [9.17, 15) is 8.78 Å². The lowest BCUT2D eigenvalue weighted by atomic mass is 9.82. The minimum Gasteiger partial charge on any atom is -0.323 e. The van der Waals surface area contributed by atoms with E-state index in [1.165, 1.54) is 0 Å². The molecule has 1 aromatic heterocycles. The van der Waals surface area contributed by atoms with E-state index in [2.05, 4.69) is 9.97 Å². The number of hydrogen-bond donors (Lipinski definition) is 1. The molecule has 1 aliphatic rings. The molecule has 2 unspecified atom stereocenters. The molecule has 3 nitrogen and oxygen atoms in total. The molecule has 0 bridgehead atoms. The number of nitrogens with two attached hydrogens (primary N) is 1. The van der Waals surface area contributed by atoms with Crippen LogP contribution in [0.3, 0.4) is 0 Å². The Kier molecular flexibility index (Phi) is 3.90. The first-order valence-electron chi connectivity index (χ1n) is 6.38. The number of alkyl halides is 2. The Hall–Kier alpha value is -1.10. The van der Waals surface area contributed by atoms with Crippen molar-refractivity contribution >= 4 is 0 Å². The molecule has 5 heteroatoms. The van der Waals surface area contributed by atoms with Gasteiger partial charge in [-0.05, 0) is 32.1 Å². The van der Waals surface area contributed by atoms with Crippen LogP contribution in [0.25, 0.3) is 0 Å². The zero-order valence-corrected chi connectivity index (χ0v) is 10.6. The van der Waals surface area contributed by atoms with Crippen LogP contribution in [0, 0.1) is 12.8 Å². The first-order chi connectivity index (χ1) is 8.46. The van der Waals surface area contributed by atoms with Gasteiger partial charge in [-0.25, -0.2) is 8.78 Å². The van der Waals surface area contributed by atoms with Crippen LogP contribution >= 0.6 is 0 Å². The molecule has 1 fully saturated rings. The van der Waals surface area contributed by atoms with Gasteiger partial charge in [-0.2, -0.15) is 0 Å². The van der Waals surface area contributed by atoms with Gasteiger partial charge in [0.25, 0.3) is 0 Å². The zero-order valence-electron chi connectivity index (χ0n) is 10.6. The molecule has 1 heterocycles. The molecule has 100 valence electrons. The second-order valence-corrected chi connectivity index (χ2v) is 5.24. The highest BCUT2D eigenvalue weighted by Gasteiger charge is 2.36. The van der Waals surface area contributed by atoms with Crippen molar-refractivity contribution in [1.82, 2.24) is 9.97 Å². The van der Waals surface area contributed by atoms with Crippen LogP contribution in [0.5, 0.6) is 0 Å². The summed E-state index contributed by atoms with van der Waals surface area (Å²) < 4.78 is 26.6. The lowest BCUT2D eigenvalue weighted by molar-refractivity contribution is -0.0544. The fraction of sp³-hybridized carbons (Fsp3) is 0.692. The Morgan fingerprint density at radius 2 is 2.22 bits per heavy atom. The summed E-state index contributed by atoms with van der Waals surface area (Å²) in [5.74, 6) is -2.52. The Labute approximate surface area is 106 Å². The molecule has 1 aliphatic carbocycles. The van der Waals surface area contributed by atoms with Gasteiger partial charge in [0.1, 0.15) is 0 Å². The highest BCUT2D eigenvalue weighted by atomic mass is 19.3. The predicted octanol–water partition coefficient (Wildman–Crippen LogP) is 3.00. The highest BCUT2D eigenvalue weighted by Crippen LogP contribution is 2.39. The van der Waals surface area contributed by atoms with Crippen LogP contribution in [0.2, 0.25) is 0 Å². The van der Waals surface area contributed by atoms with Gasteiger partial charge in [0, 0.05) is 25.1 Å². The Balaban J connectivity index is 1.94. The standard InChI is InChI=1S/C13H19F2N3/c1-9-7-18-12(8-17-9)11(16)5-10-3-2-4-13(14,15)6-10/h7-8,10-11H,2-6,16H2,1H3. The third-order valence-electron chi connectivity index (χ3n) is 3.51. The molecule has 1 aromatic rings. The van der Waals surface area contributed by atoms with Crippen molar-refractivity contribution in [2.45, 2.75) is 51.0 Å². The zero-order chi connectivity index (χ0) is 13.2. The highest BCUT2D eigenvalue weighted by molar-refractivity contribution is 5.05. The van der Waals surface area contributed by atoms with Gasteiger partial charge in [0.05, 0.1) is 17.6 Å². The smallest absolute Gasteiger partial charge is 0.248 e. The molecule has 0 aliphatic heterocycles. The van der Waals surface area contributed by atoms with Crippen LogP contribution in [-0.2, 0) is 0 Å². The normalized spacial score (nSPS) is 24.8. The first-order valence-corrected chi connectivity index (χ1v) is 6.38. The molecule has 1 saturated carbocycles. The summed E-state index contributed by atoms with van der Waals surface area (Å²) in [6.45, 7) is 1.85. The quantitative estimate of drug-likeness (QED) is 0.903. The lowest BCUT2D eigenvalue weighted by Crippen LogP contribution is -2.28. The van der Waals surface area contributed by atoms with E-state index in [0.29, 0.717) is 18.5 Å². The third kappa shape index (κ3) is 3.45. The average Bonchev–Trinajstić information content (AvgIpc) is 2.28. The maximum Gasteiger partial charge on any atom is 0.248 e. The average molecular weight is 255 g/mol. The van der Waals surface area contributed by atoms with Crippen molar-refractivity contribution in [1.29, 1.82) is 0 Å². The van der Waals surface area contributed by atoms with E-state index in [0.717, 1.165) is 12.1 Å². The van der Waals surface area contributed by atoms with Gasteiger partial charge < -0.3 is 5.73 Å². The van der Waals surface area contributed by atoms with Crippen molar-refractivity contribution < 1.29 is 8.78 Å². The van der Waals surface area contributed by atoms with E-state index in [1.54, 1.807) is 12.4 Å². The Bertz CT molecular complexity index is 392. The van der Waals surface area contributed by atoms with E-state index >= 15 is 0 Å². The minimum atomic E-state index is -2.51. The monoisotopic (exact) mass is 255 g/mol. The van der Waals surface area contributed by atoms with Crippen LogP contribution < -0.4 is 5.73 Å². The van der Waals surface area contributed by atoms with Gasteiger partial charge in [0.2, 0.25) is 5.92 Å². The van der Waals surface area contributed by atoms with Crippen molar-refractivity contribution in [3.8, 4) is 0 Å². The summed E-state index contributed by atoms with van der Waals surface area (Å²) in [6.07, 6.45) is 5.26. The number of rotatable bonds is 3. The molecule has 0 amide bonds. The molecule has 0 radical (unpaired) electrons. The molecule has 2 rings (SSSR count). The van der Waals surface area contributed by atoms with E-state index in [4.69, 9.17) is 5.73 Å². The second-order valence-electron chi connectivity index (χ2n) is 5.24. The van der Waals surface area contributed by atoms with E-state index in [-0.39, 0.29) is 24.8 Å². The molecular weight excluding hydrogens is 236 g/mol. The van der Waals surface area contributed by atoms with Crippen molar-refractivity contribution in [2.24, 2.45) is 11.7 Å². The molecule has 0 spiro atoms. The van der Waals surface area contributed by atoms with Crippen molar-refractivity contribution in [3.63, 3.8) is 0 Å². The van der Waals surface area contributed by atoms with E-state index < -0.39 is 5.92 Å². The van der Waals surface area contributed by atoms with Crippen LogP contribution in [0.1, 0.15) is 49.5 Å². The minimum absolute atomic E-state index is 0.00754. The number of aromatic nitrogens is 2. The summed E-state index contributed by atoms with van der Waals surface area (Å²) >= 11 is 0. The summed E-state index contributed by atoms with van der Waals surface area (Å²) in [7, 11) is 0. The summed E-state index contributed by atoms with van der Waals surface area (Å²) in [5.41, 5.74) is 7.54. The van der Waals surface area contributed by atoms with E-state index in [1.807, 2.05) is 6.92 Å². The fourth-order valence-electron chi connectivity index (χ4n) is 2.55. The summed E-state index contributed by atoms with van der Waals surface area (Å²) in [6, 6.07) is -0.294. The number of nitrogens with zero attached hydrogens (tertiary/aromatic N) is 2.